The first-order chi connectivity index (χ1) is 8.31. The van der Waals surface area contributed by atoms with E-state index < -0.39 is 0 Å². The number of hydrogen-bond donors (Lipinski definition) is 0. The van der Waals surface area contributed by atoms with Crippen LogP contribution in [0.2, 0.25) is 0 Å². The highest BCUT2D eigenvalue weighted by molar-refractivity contribution is 7.08. The molecule has 0 N–H and O–H groups in total. The van der Waals surface area contributed by atoms with Crippen molar-refractivity contribution >= 4 is 17.3 Å². The van der Waals surface area contributed by atoms with E-state index in [-0.39, 0.29) is 5.78 Å². The van der Waals surface area contributed by atoms with Gasteiger partial charge in [-0.15, -0.1) is 5.10 Å². The monoisotopic (exact) mass is 254 g/mol. The first-order valence-electron chi connectivity index (χ1n) is 6.27. The molecule has 17 heavy (non-hydrogen) atoms. The number of rotatable bonds is 6. The van der Waals surface area contributed by atoms with Crippen molar-refractivity contribution in [3.8, 4) is 0 Å². The molecule has 1 aromatic rings. The third-order valence-electron chi connectivity index (χ3n) is 3.10. The lowest BCUT2D eigenvalue weighted by Crippen LogP contribution is -2.06. The molecule has 0 aromatic carbocycles. The van der Waals surface area contributed by atoms with Crippen LogP contribution in [0, 0.1) is 0 Å². The zero-order chi connectivity index (χ0) is 12.1. The highest BCUT2D eigenvalue weighted by Crippen LogP contribution is 2.20. The maximum atomic E-state index is 11.9. The Morgan fingerprint density at radius 1 is 1.59 bits per heavy atom. The predicted molar refractivity (Wildman–Crippen MR) is 66.4 cm³/mol. The molecule has 1 saturated heterocycles. The van der Waals surface area contributed by atoms with E-state index in [4.69, 9.17) is 4.74 Å². The Morgan fingerprint density at radius 2 is 2.47 bits per heavy atom. The highest BCUT2D eigenvalue weighted by atomic mass is 32.1. The predicted octanol–water partition coefficient (Wildman–Crippen LogP) is 2.63. The number of carbonyl (C=O) groups is 1. The zero-order valence-corrected chi connectivity index (χ0v) is 11.0. The maximum absolute atomic E-state index is 11.9. The molecule has 1 aliphatic rings. The summed E-state index contributed by atoms with van der Waals surface area (Å²) in [6.07, 6.45) is 5.98. The molecule has 94 valence electrons. The van der Waals surface area contributed by atoms with Crippen molar-refractivity contribution in [2.24, 2.45) is 0 Å². The second kappa shape index (κ2) is 6.21. The first kappa shape index (κ1) is 12.6. The minimum atomic E-state index is 0.190. The average Bonchev–Trinajstić information content (AvgIpc) is 2.99. The Hall–Kier alpha value is -0.810. The van der Waals surface area contributed by atoms with Crippen molar-refractivity contribution in [3.63, 3.8) is 0 Å². The molecule has 0 aliphatic carbocycles. The van der Waals surface area contributed by atoms with Gasteiger partial charge >= 0.3 is 0 Å². The molecule has 0 radical (unpaired) electrons. The van der Waals surface area contributed by atoms with Crippen molar-refractivity contribution in [3.05, 3.63) is 10.6 Å². The SMILES string of the molecule is CCc1nnsc1C(=O)CCCC1CCCO1. The van der Waals surface area contributed by atoms with E-state index in [1.807, 2.05) is 6.92 Å². The molecular formula is C12H18N2O2S. The highest BCUT2D eigenvalue weighted by Gasteiger charge is 2.18. The van der Waals surface area contributed by atoms with Gasteiger partial charge in [-0.25, -0.2) is 0 Å². The van der Waals surface area contributed by atoms with Gasteiger partial charge in [-0.2, -0.15) is 0 Å². The van der Waals surface area contributed by atoms with Gasteiger partial charge in [-0.1, -0.05) is 11.4 Å². The summed E-state index contributed by atoms with van der Waals surface area (Å²) in [6, 6.07) is 0. The van der Waals surface area contributed by atoms with Crippen molar-refractivity contribution in [1.29, 1.82) is 0 Å². The van der Waals surface area contributed by atoms with Gasteiger partial charge < -0.3 is 4.74 Å². The summed E-state index contributed by atoms with van der Waals surface area (Å²) in [6.45, 7) is 2.89. The number of ketones is 1. The number of Topliss-reactive ketones (excluding diaryl/α,β-unsaturated/α-hetero) is 1. The Bertz CT molecular complexity index is 372. The Morgan fingerprint density at radius 3 is 3.18 bits per heavy atom. The molecule has 2 heterocycles. The molecule has 4 nitrogen and oxygen atoms in total. The molecular weight excluding hydrogens is 236 g/mol. The van der Waals surface area contributed by atoms with Gasteiger partial charge in [-0.05, 0) is 43.6 Å². The lowest BCUT2D eigenvalue weighted by atomic mass is 10.1. The fourth-order valence-corrected chi connectivity index (χ4v) is 2.84. The average molecular weight is 254 g/mol. The van der Waals surface area contributed by atoms with E-state index in [1.54, 1.807) is 0 Å². The fourth-order valence-electron chi connectivity index (χ4n) is 2.13. The molecule has 0 amide bonds. The van der Waals surface area contributed by atoms with Crippen LogP contribution in [0.25, 0.3) is 0 Å². The van der Waals surface area contributed by atoms with E-state index in [0.29, 0.717) is 12.5 Å². The topological polar surface area (TPSA) is 52.1 Å². The van der Waals surface area contributed by atoms with Crippen LogP contribution in [-0.4, -0.2) is 28.1 Å². The third kappa shape index (κ3) is 3.33. The molecule has 2 rings (SSSR count). The van der Waals surface area contributed by atoms with Crippen LogP contribution in [0.4, 0.5) is 0 Å². The molecule has 1 fully saturated rings. The number of ether oxygens (including phenoxy) is 1. The first-order valence-corrected chi connectivity index (χ1v) is 7.04. The molecule has 0 spiro atoms. The summed E-state index contributed by atoms with van der Waals surface area (Å²) in [5.41, 5.74) is 0.845. The van der Waals surface area contributed by atoms with Gasteiger partial charge in [0.25, 0.3) is 0 Å². The number of aryl methyl sites for hydroxylation is 1. The Balaban J connectivity index is 1.77. The van der Waals surface area contributed by atoms with Crippen LogP contribution < -0.4 is 0 Å². The van der Waals surface area contributed by atoms with Crippen molar-refractivity contribution in [1.82, 2.24) is 9.59 Å². The zero-order valence-electron chi connectivity index (χ0n) is 10.1. The summed E-state index contributed by atoms with van der Waals surface area (Å²) in [7, 11) is 0. The smallest absolute Gasteiger partial charge is 0.176 e. The summed E-state index contributed by atoms with van der Waals surface area (Å²) in [5, 5.41) is 3.96. The van der Waals surface area contributed by atoms with Crippen molar-refractivity contribution in [2.45, 2.75) is 51.6 Å². The normalized spacial score (nSPS) is 19.7. The summed E-state index contributed by atoms with van der Waals surface area (Å²) < 4.78 is 9.38. The molecule has 5 heteroatoms. The second-order valence-corrected chi connectivity index (χ2v) is 5.11. The second-order valence-electron chi connectivity index (χ2n) is 4.35. The van der Waals surface area contributed by atoms with Crippen LogP contribution in [0.1, 0.15) is 54.4 Å². The molecule has 1 aliphatic heterocycles. The number of carbonyl (C=O) groups excluding carboxylic acids is 1. The van der Waals surface area contributed by atoms with E-state index in [0.717, 1.165) is 49.3 Å². The minimum absolute atomic E-state index is 0.190. The molecule has 0 saturated carbocycles. The fraction of sp³-hybridized carbons (Fsp3) is 0.750. The summed E-state index contributed by atoms with van der Waals surface area (Å²) in [5.74, 6) is 0.190. The van der Waals surface area contributed by atoms with Crippen LogP contribution in [0.5, 0.6) is 0 Å². The quantitative estimate of drug-likeness (QED) is 0.732. The van der Waals surface area contributed by atoms with Crippen LogP contribution in [0.15, 0.2) is 0 Å². The standard InChI is InChI=1S/C12H18N2O2S/c1-2-10-12(17-14-13-10)11(15)7-3-5-9-6-4-8-16-9/h9H,2-8H2,1H3. The van der Waals surface area contributed by atoms with E-state index in [1.165, 1.54) is 11.5 Å². The number of hydrogen-bond acceptors (Lipinski definition) is 5. The lowest BCUT2D eigenvalue weighted by Gasteiger charge is -2.07. The lowest BCUT2D eigenvalue weighted by molar-refractivity contribution is 0.0925. The third-order valence-corrected chi connectivity index (χ3v) is 3.91. The summed E-state index contributed by atoms with van der Waals surface area (Å²) in [4.78, 5) is 12.7. The van der Waals surface area contributed by atoms with Gasteiger partial charge in [0.15, 0.2) is 5.78 Å². The van der Waals surface area contributed by atoms with Crippen LogP contribution in [0.3, 0.4) is 0 Å². The molecule has 1 atom stereocenters. The van der Waals surface area contributed by atoms with Gasteiger partial charge in [0.1, 0.15) is 4.88 Å². The molecule has 1 unspecified atom stereocenters. The van der Waals surface area contributed by atoms with Crippen molar-refractivity contribution in [2.75, 3.05) is 6.61 Å². The number of aromatic nitrogens is 2. The van der Waals surface area contributed by atoms with E-state index in [2.05, 4.69) is 9.59 Å². The van der Waals surface area contributed by atoms with Crippen LogP contribution >= 0.6 is 11.5 Å². The van der Waals surface area contributed by atoms with Crippen molar-refractivity contribution < 1.29 is 9.53 Å². The minimum Gasteiger partial charge on any atom is -0.378 e. The molecule has 1 aromatic heterocycles. The van der Waals surface area contributed by atoms with Gasteiger partial charge in [0.05, 0.1) is 11.8 Å². The number of nitrogens with zero attached hydrogens (tertiary/aromatic N) is 2. The Labute approximate surface area is 106 Å². The van der Waals surface area contributed by atoms with Gasteiger partial charge in [-0.3, -0.25) is 4.79 Å². The maximum Gasteiger partial charge on any atom is 0.176 e. The summed E-state index contributed by atoms with van der Waals surface area (Å²) >= 11 is 1.22. The Kier molecular flexibility index (Phi) is 4.62. The largest absolute Gasteiger partial charge is 0.378 e. The van der Waals surface area contributed by atoms with Gasteiger partial charge in [0.2, 0.25) is 0 Å². The molecule has 0 bridgehead atoms. The van der Waals surface area contributed by atoms with E-state index >= 15 is 0 Å². The van der Waals surface area contributed by atoms with Gasteiger partial charge in [0, 0.05) is 13.0 Å². The van der Waals surface area contributed by atoms with E-state index in [9.17, 15) is 4.79 Å². The van der Waals surface area contributed by atoms with Crippen LogP contribution in [-0.2, 0) is 11.2 Å².